The van der Waals surface area contributed by atoms with Gasteiger partial charge in [0, 0.05) is 43.2 Å². The van der Waals surface area contributed by atoms with E-state index in [1.54, 1.807) is 11.8 Å². The first-order chi connectivity index (χ1) is 12.5. The summed E-state index contributed by atoms with van der Waals surface area (Å²) in [6, 6.07) is 4.16. The second kappa shape index (κ2) is 7.99. The van der Waals surface area contributed by atoms with Crippen molar-refractivity contribution in [3.8, 4) is 11.5 Å². The lowest BCUT2D eigenvalue weighted by molar-refractivity contribution is -0.118. The molecule has 26 heavy (non-hydrogen) atoms. The van der Waals surface area contributed by atoms with Crippen LogP contribution < -0.4 is 15.2 Å². The summed E-state index contributed by atoms with van der Waals surface area (Å²) < 4.78 is 13.6. The molecule has 1 aliphatic heterocycles. The number of thioether (sulfide) groups is 1. The SMILES string of the molecule is CCOc1cc2c(cc1CSc1nnc(CCC(N)=O)n1C)O[C@H](C)C2. The number of rotatable bonds is 8. The number of amides is 1. The van der Waals surface area contributed by atoms with Crippen LogP contribution in [0.15, 0.2) is 17.3 Å². The summed E-state index contributed by atoms with van der Waals surface area (Å²) in [4.78, 5) is 11.0. The molecule has 0 unspecified atom stereocenters. The van der Waals surface area contributed by atoms with Gasteiger partial charge in [0.25, 0.3) is 0 Å². The van der Waals surface area contributed by atoms with E-state index in [1.165, 1.54) is 5.56 Å². The lowest BCUT2D eigenvalue weighted by Gasteiger charge is -2.12. The van der Waals surface area contributed by atoms with Crippen molar-refractivity contribution >= 4 is 17.7 Å². The fraction of sp³-hybridized carbons (Fsp3) is 0.500. The van der Waals surface area contributed by atoms with E-state index in [4.69, 9.17) is 15.2 Å². The van der Waals surface area contributed by atoms with Crippen LogP contribution in [0.25, 0.3) is 0 Å². The Labute approximate surface area is 157 Å². The quantitative estimate of drug-likeness (QED) is 0.711. The molecule has 1 aromatic heterocycles. The van der Waals surface area contributed by atoms with E-state index in [0.717, 1.165) is 34.5 Å². The average molecular weight is 376 g/mol. The van der Waals surface area contributed by atoms with Gasteiger partial charge in [-0.25, -0.2) is 0 Å². The number of aromatic nitrogens is 3. The minimum Gasteiger partial charge on any atom is -0.494 e. The number of hydrogen-bond donors (Lipinski definition) is 1. The van der Waals surface area contributed by atoms with Crippen molar-refractivity contribution in [1.29, 1.82) is 0 Å². The molecule has 0 saturated carbocycles. The molecule has 8 heteroatoms. The van der Waals surface area contributed by atoms with Crippen molar-refractivity contribution in [2.75, 3.05) is 6.61 Å². The van der Waals surface area contributed by atoms with Crippen LogP contribution in [0.5, 0.6) is 11.5 Å². The van der Waals surface area contributed by atoms with Gasteiger partial charge < -0.3 is 19.8 Å². The molecular formula is C18H24N4O3S. The Morgan fingerprint density at radius 1 is 1.46 bits per heavy atom. The standard InChI is InChI=1S/C18H24N4O3S/c1-4-24-14-8-12-7-11(2)25-15(12)9-13(14)10-26-18-21-20-17(22(18)3)6-5-16(19)23/h8-9,11H,4-7,10H2,1-3H3,(H2,19,23)/t11-/m1/s1. The van der Waals surface area contributed by atoms with Crippen molar-refractivity contribution in [2.24, 2.45) is 12.8 Å². The molecule has 140 valence electrons. The van der Waals surface area contributed by atoms with Crippen molar-refractivity contribution in [2.45, 2.75) is 50.1 Å². The summed E-state index contributed by atoms with van der Waals surface area (Å²) in [5, 5.41) is 9.17. The lowest BCUT2D eigenvalue weighted by atomic mass is 10.1. The number of carbonyl (C=O) groups is 1. The van der Waals surface area contributed by atoms with Gasteiger partial charge in [-0.3, -0.25) is 4.79 Å². The first-order valence-corrected chi connectivity index (χ1v) is 9.71. The fourth-order valence-electron chi connectivity index (χ4n) is 2.95. The number of aryl methyl sites for hydroxylation is 1. The Morgan fingerprint density at radius 2 is 2.27 bits per heavy atom. The molecule has 3 rings (SSSR count). The van der Waals surface area contributed by atoms with Gasteiger partial charge in [0.2, 0.25) is 5.91 Å². The van der Waals surface area contributed by atoms with Crippen LogP contribution in [0.1, 0.15) is 37.2 Å². The summed E-state index contributed by atoms with van der Waals surface area (Å²) in [6.45, 7) is 4.67. The summed E-state index contributed by atoms with van der Waals surface area (Å²) in [5.41, 5.74) is 7.48. The maximum absolute atomic E-state index is 11.0. The highest BCUT2D eigenvalue weighted by Crippen LogP contribution is 2.37. The number of hydrogen-bond acceptors (Lipinski definition) is 6. The maximum atomic E-state index is 11.0. The highest BCUT2D eigenvalue weighted by Gasteiger charge is 2.22. The summed E-state index contributed by atoms with van der Waals surface area (Å²) in [5.74, 6) is 2.95. The van der Waals surface area contributed by atoms with Crippen LogP contribution in [0.4, 0.5) is 0 Å². The minimum atomic E-state index is -0.337. The number of fused-ring (bicyclic) bond motifs is 1. The molecule has 1 atom stereocenters. The van der Waals surface area contributed by atoms with E-state index in [9.17, 15) is 4.79 Å². The van der Waals surface area contributed by atoms with Gasteiger partial charge in [-0.15, -0.1) is 10.2 Å². The first-order valence-electron chi connectivity index (χ1n) is 8.72. The number of primary amides is 1. The van der Waals surface area contributed by atoms with Gasteiger partial charge in [0.1, 0.15) is 23.4 Å². The second-order valence-electron chi connectivity index (χ2n) is 6.35. The molecule has 2 aromatic rings. The molecule has 0 bridgehead atoms. The molecule has 1 aliphatic rings. The number of nitrogens with zero attached hydrogens (tertiary/aromatic N) is 3. The van der Waals surface area contributed by atoms with Crippen molar-refractivity contribution in [1.82, 2.24) is 14.8 Å². The van der Waals surface area contributed by atoms with E-state index in [1.807, 2.05) is 18.5 Å². The largest absolute Gasteiger partial charge is 0.494 e. The smallest absolute Gasteiger partial charge is 0.217 e. The van der Waals surface area contributed by atoms with Crippen LogP contribution in [-0.4, -0.2) is 33.4 Å². The summed E-state index contributed by atoms with van der Waals surface area (Å²) in [6.07, 6.45) is 1.88. The minimum absolute atomic E-state index is 0.203. The average Bonchev–Trinajstić information content (AvgIpc) is 3.12. The third kappa shape index (κ3) is 4.12. The summed E-state index contributed by atoms with van der Waals surface area (Å²) in [7, 11) is 1.90. The third-order valence-electron chi connectivity index (χ3n) is 4.26. The van der Waals surface area contributed by atoms with Gasteiger partial charge in [-0.1, -0.05) is 11.8 Å². The Balaban J connectivity index is 1.73. The van der Waals surface area contributed by atoms with E-state index in [0.29, 0.717) is 18.8 Å². The molecule has 7 nitrogen and oxygen atoms in total. The number of carbonyl (C=O) groups excluding carboxylic acids is 1. The number of benzene rings is 1. The van der Waals surface area contributed by atoms with E-state index < -0.39 is 0 Å². The maximum Gasteiger partial charge on any atom is 0.217 e. The van der Waals surface area contributed by atoms with Crippen molar-refractivity contribution < 1.29 is 14.3 Å². The highest BCUT2D eigenvalue weighted by molar-refractivity contribution is 7.98. The Bertz CT molecular complexity index is 806. The molecule has 1 aromatic carbocycles. The molecule has 0 radical (unpaired) electrons. The topological polar surface area (TPSA) is 92.3 Å². The molecule has 0 saturated heterocycles. The molecule has 1 amide bonds. The molecule has 2 heterocycles. The lowest BCUT2D eigenvalue weighted by Crippen LogP contribution is -2.12. The Hall–Kier alpha value is -2.22. The van der Waals surface area contributed by atoms with Crippen molar-refractivity contribution in [3.05, 3.63) is 29.1 Å². The Kier molecular flexibility index (Phi) is 5.70. The molecular weight excluding hydrogens is 352 g/mol. The first kappa shape index (κ1) is 18.6. The zero-order chi connectivity index (χ0) is 18.7. The Morgan fingerprint density at radius 3 is 3.00 bits per heavy atom. The molecule has 2 N–H and O–H groups in total. The van der Waals surface area contributed by atoms with Crippen LogP contribution in [-0.2, 0) is 30.4 Å². The normalized spacial score (nSPS) is 15.6. The van der Waals surface area contributed by atoms with Gasteiger partial charge in [-0.2, -0.15) is 0 Å². The number of ether oxygens (including phenoxy) is 2. The second-order valence-corrected chi connectivity index (χ2v) is 7.29. The zero-order valence-electron chi connectivity index (χ0n) is 15.3. The predicted molar refractivity (Wildman–Crippen MR) is 99.5 cm³/mol. The monoisotopic (exact) mass is 376 g/mol. The predicted octanol–water partition coefficient (Wildman–Crippen LogP) is 2.25. The van der Waals surface area contributed by atoms with Gasteiger partial charge in [0.05, 0.1) is 6.61 Å². The number of nitrogens with two attached hydrogens (primary N) is 1. The van der Waals surface area contributed by atoms with Crippen LogP contribution >= 0.6 is 11.8 Å². The van der Waals surface area contributed by atoms with Gasteiger partial charge in [-0.05, 0) is 26.0 Å². The summed E-state index contributed by atoms with van der Waals surface area (Å²) >= 11 is 1.58. The molecule has 0 aliphatic carbocycles. The van der Waals surface area contributed by atoms with E-state index in [-0.39, 0.29) is 18.4 Å². The molecule has 0 spiro atoms. The van der Waals surface area contributed by atoms with E-state index >= 15 is 0 Å². The van der Waals surface area contributed by atoms with Gasteiger partial charge >= 0.3 is 0 Å². The fourth-order valence-corrected chi connectivity index (χ4v) is 3.86. The van der Waals surface area contributed by atoms with Crippen LogP contribution in [0.2, 0.25) is 0 Å². The highest BCUT2D eigenvalue weighted by atomic mass is 32.2. The third-order valence-corrected chi connectivity index (χ3v) is 5.32. The van der Waals surface area contributed by atoms with Crippen LogP contribution in [0, 0.1) is 0 Å². The van der Waals surface area contributed by atoms with Gasteiger partial charge in [0.15, 0.2) is 5.16 Å². The molecule has 0 fully saturated rings. The van der Waals surface area contributed by atoms with E-state index in [2.05, 4.69) is 29.3 Å². The zero-order valence-corrected chi connectivity index (χ0v) is 16.1. The van der Waals surface area contributed by atoms with Crippen molar-refractivity contribution in [3.63, 3.8) is 0 Å². The van der Waals surface area contributed by atoms with Crippen LogP contribution in [0.3, 0.4) is 0 Å².